The van der Waals surface area contributed by atoms with E-state index in [0.29, 0.717) is 0 Å². The molecule has 1 heterocycles. The summed E-state index contributed by atoms with van der Waals surface area (Å²) in [5.74, 6) is 0. The lowest BCUT2D eigenvalue weighted by molar-refractivity contribution is 0.516. The zero-order chi connectivity index (χ0) is 9.80. The normalized spacial score (nSPS) is 18.3. The van der Waals surface area contributed by atoms with Crippen LogP contribution < -0.4 is 5.73 Å². The predicted octanol–water partition coefficient (Wildman–Crippen LogP) is 3.09. The molecule has 1 aliphatic rings. The molecule has 2 rings (SSSR count). The van der Waals surface area contributed by atoms with Gasteiger partial charge in [-0.15, -0.1) is 11.8 Å². The number of rotatable bonds is 2. The van der Waals surface area contributed by atoms with Crippen molar-refractivity contribution in [1.29, 1.82) is 0 Å². The Kier molecular flexibility index (Phi) is 3.30. The topological polar surface area (TPSA) is 38.9 Å². The van der Waals surface area contributed by atoms with Crippen molar-refractivity contribution >= 4 is 17.4 Å². The molecule has 0 aliphatic heterocycles. The minimum Gasteiger partial charge on any atom is -0.397 e. The molecule has 76 valence electrons. The number of nitrogens with zero attached hydrogens (tertiary/aromatic N) is 1. The van der Waals surface area contributed by atoms with E-state index in [2.05, 4.69) is 4.98 Å². The fourth-order valence-corrected chi connectivity index (χ4v) is 3.12. The van der Waals surface area contributed by atoms with Gasteiger partial charge in [0.05, 0.1) is 11.9 Å². The Morgan fingerprint density at radius 1 is 1.29 bits per heavy atom. The highest BCUT2D eigenvalue weighted by Gasteiger charge is 2.15. The molecule has 0 unspecified atom stereocenters. The van der Waals surface area contributed by atoms with Gasteiger partial charge in [-0.1, -0.05) is 19.3 Å². The SMILES string of the molecule is Nc1cnccc1SC1CCCCC1. The molecule has 1 aliphatic carbocycles. The van der Waals surface area contributed by atoms with Crippen molar-refractivity contribution in [1.82, 2.24) is 4.98 Å². The predicted molar refractivity (Wildman–Crippen MR) is 61.4 cm³/mol. The van der Waals surface area contributed by atoms with Crippen LogP contribution in [0.5, 0.6) is 0 Å². The summed E-state index contributed by atoms with van der Waals surface area (Å²) in [6.45, 7) is 0. The average Bonchev–Trinajstić information content (AvgIpc) is 2.23. The van der Waals surface area contributed by atoms with E-state index in [1.807, 2.05) is 24.0 Å². The molecule has 2 nitrogen and oxygen atoms in total. The third kappa shape index (κ3) is 2.41. The van der Waals surface area contributed by atoms with Gasteiger partial charge in [-0.2, -0.15) is 0 Å². The molecule has 0 bridgehead atoms. The van der Waals surface area contributed by atoms with Gasteiger partial charge in [0.25, 0.3) is 0 Å². The Hall–Kier alpha value is -0.700. The number of anilines is 1. The lowest BCUT2D eigenvalue weighted by Gasteiger charge is -2.21. The lowest BCUT2D eigenvalue weighted by atomic mass is 10.0. The van der Waals surface area contributed by atoms with Gasteiger partial charge in [0.2, 0.25) is 0 Å². The summed E-state index contributed by atoms with van der Waals surface area (Å²) in [4.78, 5) is 5.20. The first-order valence-electron chi connectivity index (χ1n) is 5.22. The fourth-order valence-electron chi connectivity index (χ4n) is 1.86. The maximum Gasteiger partial charge on any atom is 0.0638 e. The van der Waals surface area contributed by atoms with Crippen molar-refractivity contribution < 1.29 is 0 Å². The third-order valence-corrected chi connectivity index (χ3v) is 4.09. The van der Waals surface area contributed by atoms with Crippen LogP contribution in [0.1, 0.15) is 32.1 Å². The van der Waals surface area contributed by atoms with Crippen LogP contribution in [-0.4, -0.2) is 10.2 Å². The second kappa shape index (κ2) is 4.69. The second-order valence-corrected chi connectivity index (χ2v) is 5.13. The zero-order valence-electron chi connectivity index (χ0n) is 8.28. The molecule has 0 amide bonds. The van der Waals surface area contributed by atoms with Gasteiger partial charge in [0, 0.05) is 16.3 Å². The first-order valence-corrected chi connectivity index (χ1v) is 6.10. The van der Waals surface area contributed by atoms with Crippen LogP contribution in [-0.2, 0) is 0 Å². The average molecular weight is 208 g/mol. The van der Waals surface area contributed by atoms with E-state index < -0.39 is 0 Å². The molecular formula is C11H16N2S. The summed E-state index contributed by atoms with van der Waals surface area (Å²) >= 11 is 1.93. The first kappa shape index (κ1) is 9.84. The molecule has 3 heteroatoms. The highest BCUT2D eigenvalue weighted by Crippen LogP contribution is 2.35. The second-order valence-electron chi connectivity index (χ2n) is 3.79. The van der Waals surface area contributed by atoms with Crippen LogP contribution >= 0.6 is 11.8 Å². The number of hydrogen-bond acceptors (Lipinski definition) is 3. The monoisotopic (exact) mass is 208 g/mol. The molecule has 0 radical (unpaired) electrons. The van der Waals surface area contributed by atoms with Gasteiger partial charge in [-0.05, 0) is 18.9 Å². The van der Waals surface area contributed by atoms with Crippen molar-refractivity contribution in [2.45, 2.75) is 42.2 Å². The van der Waals surface area contributed by atoms with E-state index in [1.165, 1.54) is 37.0 Å². The largest absolute Gasteiger partial charge is 0.397 e. The highest BCUT2D eigenvalue weighted by molar-refractivity contribution is 8.00. The van der Waals surface area contributed by atoms with Crippen LogP contribution in [0.4, 0.5) is 5.69 Å². The van der Waals surface area contributed by atoms with Crippen LogP contribution in [0.15, 0.2) is 23.4 Å². The Morgan fingerprint density at radius 2 is 2.07 bits per heavy atom. The maximum absolute atomic E-state index is 5.85. The van der Waals surface area contributed by atoms with Crippen molar-refractivity contribution in [2.24, 2.45) is 0 Å². The molecule has 0 atom stereocenters. The van der Waals surface area contributed by atoms with Crippen molar-refractivity contribution in [3.63, 3.8) is 0 Å². The van der Waals surface area contributed by atoms with Crippen LogP contribution in [0.25, 0.3) is 0 Å². The molecule has 14 heavy (non-hydrogen) atoms. The molecule has 0 spiro atoms. The van der Waals surface area contributed by atoms with Crippen molar-refractivity contribution in [2.75, 3.05) is 5.73 Å². The standard InChI is InChI=1S/C11H16N2S/c12-10-8-13-7-6-11(10)14-9-4-2-1-3-5-9/h6-9H,1-5,12H2. The molecule has 1 aromatic heterocycles. The summed E-state index contributed by atoms with van der Waals surface area (Å²) in [7, 11) is 0. The lowest BCUT2D eigenvalue weighted by Crippen LogP contribution is -2.08. The smallest absolute Gasteiger partial charge is 0.0638 e. The summed E-state index contributed by atoms with van der Waals surface area (Å²) in [6.07, 6.45) is 10.4. The van der Waals surface area contributed by atoms with Gasteiger partial charge < -0.3 is 5.73 Å². The number of hydrogen-bond donors (Lipinski definition) is 1. The Morgan fingerprint density at radius 3 is 2.79 bits per heavy atom. The summed E-state index contributed by atoms with van der Waals surface area (Å²) in [5.41, 5.74) is 6.68. The Bertz CT molecular complexity index is 295. The number of thioether (sulfide) groups is 1. The van der Waals surface area contributed by atoms with Gasteiger partial charge >= 0.3 is 0 Å². The van der Waals surface area contributed by atoms with Gasteiger partial charge in [0.1, 0.15) is 0 Å². The first-order chi connectivity index (χ1) is 6.86. The molecule has 1 aromatic rings. The van der Waals surface area contributed by atoms with E-state index in [9.17, 15) is 0 Å². The Balaban J connectivity index is 1.99. The van der Waals surface area contributed by atoms with E-state index in [4.69, 9.17) is 5.73 Å². The molecule has 0 saturated heterocycles. The highest BCUT2D eigenvalue weighted by atomic mass is 32.2. The summed E-state index contributed by atoms with van der Waals surface area (Å²) < 4.78 is 0. The number of pyridine rings is 1. The third-order valence-electron chi connectivity index (χ3n) is 2.66. The van der Waals surface area contributed by atoms with E-state index in [1.54, 1.807) is 6.20 Å². The van der Waals surface area contributed by atoms with Crippen molar-refractivity contribution in [3.8, 4) is 0 Å². The number of nitrogens with two attached hydrogens (primary N) is 1. The van der Waals surface area contributed by atoms with E-state index in [-0.39, 0.29) is 0 Å². The van der Waals surface area contributed by atoms with Crippen LogP contribution in [0.3, 0.4) is 0 Å². The fraction of sp³-hybridized carbons (Fsp3) is 0.545. The molecule has 1 saturated carbocycles. The van der Waals surface area contributed by atoms with E-state index in [0.717, 1.165) is 10.9 Å². The number of aromatic nitrogens is 1. The molecule has 2 N–H and O–H groups in total. The minimum atomic E-state index is 0.772. The summed E-state index contributed by atoms with van der Waals surface area (Å²) in [5, 5.41) is 0.772. The quantitative estimate of drug-likeness (QED) is 0.811. The van der Waals surface area contributed by atoms with Crippen LogP contribution in [0.2, 0.25) is 0 Å². The number of nitrogen functional groups attached to an aromatic ring is 1. The molecule has 1 fully saturated rings. The molecular weight excluding hydrogens is 192 g/mol. The minimum absolute atomic E-state index is 0.772. The van der Waals surface area contributed by atoms with Crippen LogP contribution in [0, 0.1) is 0 Å². The maximum atomic E-state index is 5.85. The zero-order valence-corrected chi connectivity index (χ0v) is 9.09. The summed E-state index contributed by atoms with van der Waals surface area (Å²) in [6, 6.07) is 2.02. The van der Waals surface area contributed by atoms with E-state index >= 15 is 0 Å². The van der Waals surface area contributed by atoms with Gasteiger partial charge in [-0.3, -0.25) is 4.98 Å². The van der Waals surface area contributed by atoms with Gasteiger partial charge in [-0.25, -0.2) is 0 Å². The van der Waals surface area contributed by atoms with Crippen molar-refractivity contribution in [3.05, 3.63) is 18.5 Å². The Labute approximate surface area is 89.3 Å². The van der Waals surface area contributed by atoms with Gasteiger partial charge in [0.15, 0.2) is 0 Å². The molecule has 0 aromatic carbocycles.